The second-order valence-corrected chi connectivity index (χ2v) is 5.28. The third-order valence-electron chi connectivity index (χ3n) is 1.73. The molecule has 0 saturated carbocycles. The van der Waals surface area contributed by atoms with Gasteiger partial charge in [-0.2, -0.15) is 0 Å². The molecule has 0 aliphatic rings. The van der Waals surface area contributed by atoms with Crippen LogP contribution in [-0.2, 0) is 9.05 Å². The minimum atomic E-state index is -4.38. The van der Waals surface area contributed by atoms with Gasteiger partial charge in [-0.25, -0.2) is 17.2 Å². The van der Waals surface area contributed by atoms with E-state index >= 15 is 0 Å². The summed E-state index contributed by atoms with van der Waals surface area (Å²) in [5, 5.41) is -0.949. The van der Waals surface area contributed by atoms with Crippen molar-refractivity contribution in [3.05, 3.63) is 27.5 Å². The van der Waals surface area contributed by atoms with Gasteiger partial charge in [-0.3, -0.25) is 4.79 Å². The van der Waals surface area contributed by atoms with E-state index in [-0.39, 0.29) is 5.56 Å². The Morgan fingerprint density at radius 2 is 2.00 bits per heavy atom. The van der Waals surface area contributed by atoms with E-state index in [0.717, 1.165) is 6.20 Å². The molecule has 0 amide bonds. The van der Waals surface area contributed by atoms with Crippen LogP contribution in [0.25, 0.3) is 0 Å². The number of nitrogens with one attached hydrogen (secondary N) is 1. The van der Waals surface area contributed by atoms with E-state index in [0.29, 0.717) is 0 Å². The van der Waals surface area contributed by atoms with E-state index in [1.807, 2.05) is 0 Å². The molecule has 0 fully saturated rings. The SMILES string of the molecule is Cc1c[nH]c(S(=O)(=O)Cl)c(C(F)F)c1=O. The second-order valence-electron chi connectivity index (χ2n) is 2.78. The molecule has 0 bridgehead atoms. The highest BCUT2D eigenvalue weighted by Crippen LogP contribution is 2.24. The Morgan fingerprint density at radius 3 is 2.40 bits per heavy atom. The van der Waals surface area contributed by atoms with Crippen LogP contribution in [0.15, 0.2) is 16.0 Å². The van der Waals surface area contributed by atoms with Gasteiger partial charge in [-0.1, -0.05) is 0 Å². The molecule has 0 saturated heterocycles. The summed E-state index contributed by atoms with van der Waals surface area (Å²) in [6, 6.07) is 0. The number of H-pyrrole nitrogens is 1. The van der Waals surface area contributed by atoms with Crippen molar-refractivity contribution >= 4 is 19.7 Å². The van der Waals surface area contributed by atoms with Gasteiger partial charge in [0, 0.05) is 22.4 Å². The fourth-order valence-electron chi connectivity index (χ4n) is 1.03. The van der Waals surface area contributed by atoms with Crippen molar-refractivity contribution in [3.8, 4) is 0 Å². The summed E-state index contributed by atoms with van der Waals surface area (Å²) >= 11 is 0. The first-order valence-electron chi connectivity index (χ1n) is 3.70. The summed E-state index contributed by atoms with van der Waals surface area (Å²) in [6.45, 7) is 1.29. The number of aromatic amines is 1. The molecule has 4 nitrogen and oxygen atoms in total. The molecule has 1 rings (SSSR count). The topological polar surface area (TPSA) is 67.0 Å². The number of rotatable bonds is 2. The Hall–Kier alpha value is -0.950. The summed E-state index contributed by atoms with van der Waals surface area (Å²) < 4.78 is 46.7. The maximum Gasteiger partial charge on any atom is 0.277 e. The number of aromatic nitrogens is 1. The molecule has 0 unspecified atom stereocenters. The number of hydrogen-bond acceptors (Lipinski definition) is 3. The lowest BCUT2D eigenvalue weighted by molar-refractivity contribution is 0.145. The standard InChI is InChI=1S/C7H6ClF2NO3S/c1-3-2-11-7(15(8,13)14)4(5(3)12)6(9)10/h2,6H,1H3,(H,11,12). The number of hydrogen-bond donors (Lipinski definition) is 1. The highest BCUT2D eigenvalue weighted by Gasteiger charge is 2.26. The molecule has 8 heteroatoms. The average molecular weight is 258 g/mol. The third-order valence-corrected chi connectivity index (χ3v) is 3.02. The zero-order valence-corrected chi connectivity index (χ0v) is 8.99. The Morgan fingerprint density at radius 1 is 1.47 bits per heavy atom. The second kappa shape index (κ2) is 3.90. The summed E-state index contributed by atoms with van der Waals surface area (Å²) in [5.74, 6) is 0. The number of halogens is 3. The van der Waals surface area contributed by atoms with Gasteiger partial charge < -0.3 is 4.98 Å². The molecule has 0 spiro atoms. The predicted octanol–water partition coefficient (Wildman–Crippen LogP) is 1.55. The molecule has 0 aromatic carbocycles. The Bertz CT molecular complexity index is 538. The summed E-state index contributed by atoms with van der Waals surface area (Å²) in [6.07, 6.45) is -2.18. The number of aryl methyl sites for hydroxylation is 1. The lowest BCUT2D eigenvalue weighted by atomic mass is 10.2. The maximum absolute atomic E-state index is 12.5. The highest BCUT2D eigenvalue weighted by molar-refractivity contribution is 8.13. The zero-order chi connectivity index (χ0) is 11.8. The average Bonchev–Trinajstić information content (AvgIpc) is 2.06. The van der Waals surface area contributed by atoms with Gasteiger partial charge in [0.1, 0.15) is 5.56 Å². The van der Waals surface area contributed by atoms with Crippen LogP contribution in [0.2, 0.25) is 0 Å². The van der Waals surface area contributed by atoms with Gasteiger partial charge in [0.05, 0.1) is 0 Å². The van der Waals surface area contributed by atoms with Crippen LogP contribution in [-0.4, -0.2) is 13.4 Å². The minimum Gasteiger partial charge on any atom is -0.350 e. The Labute approximate surface area is 88.3 Å². The highest BCUT2D eigenvalue weighted by atomic mass is 35.7. The first-order valence-corrected chi connectivity index (χ1v) is 6.01. The van der Waals surface area contributed by atoms with Crippen molar-refractivity contribution in [3.63, 3.8) is 0 Å². The molecule has 1 aromatic rings. The maximum atomic E-state index is 12.5. The minimum absolute atomic E-state index is 0.00522. The monoisotopic (exact) mass is 257 g/mol. The van der Waals surface area contributed by atoms with Crippen LogP contribution in [0.4, 0.5) is 8.78 Å². The molecular weight excluding hydrogens is 252 g/mol. The van der Waals surface area contributed by atoms with Gasteiger partial charge >= 0.3 is 0 Å². The fraction of sp³-hybridized carbons (Fsp3) is 0.286. The first kappa shape index (κ1) is 12.1. The molecule has 0 aliphatic carbocycles. The molecule has 1 N–H and O–H groups in total. The molecule has 0 atom stereocenters. The summed E-state index contributed by atoms with van der Waals surface area (Å²) in [7, 11) is 0.520. The van der Waals surface area contributed by atoms with Crippen LogP contribution >= 0.6 is 10.7 Å². The molecule has 1 heterocycles. The van der Waals surface area contributed by atoms with E-state index in [9.17, 15) is 22.0 Å². The molecule has 0 radical (unpaired) electrons. The lowest BCUT2D eigenvalue weighted by Gasteiger charge is -2.05. The van der Waals surface area contributed by atoms with E-state index in [4.69, 9.17) is 10.7 Å². The van der Waals surface area contributed by atoms with Crippen molar-refractivity contribution in [1.29, 1.82) is 0 Å². The van der Waals surface area contributed by atoms with Gasteiger partial charge in [0.25, 0.3) is 15.5 Å². The van der Waals surface area contributed by atoms with Gasteiger partial charge in [0.15, 0.2) is 10.5 Å². The quantitative estimate of drug-likeness (QED) is 0.818. The molecule has 84 valence electrons. The zero-order valence-electron chi connectivity index (χ0n) is 7.42. The number of alkyl halides is 2. The van der Waals surface area contributed by atoms with Crippen LogP contribution in [0.1, 0.15) is 17.6 Å². The van der Waals surface area contributed by atoms with Crippen molar-refractivity contribution in [2.24, 2.45) is 0 Å². The Kier molecular flexibility index (Phi) is 3.15. The van der Waals surface area contributed by atoms with Crippen molar-refractivity contribution in [1.82, 2.24) is 4.98 Å². The molecule has 0 aliphatic heterocycles. The molecular formula is C7H6ClF2NO3S. The Balaban J connectivity index is 3.70. The largest absolute Gasteiger partial charge is 0.350 e. The van der Waals surface area contributed by atoms with Crippen LogP contribution in [0, 0.1) is 6.92 Å². The van der Waals surface area contributed by atoms with Crippen LogP contribution in [0.3, 0.4) is 0 Å². The van der Waals surface area contributed by atoms with E-state index in [1.54, 1.807) is 0 Å². The van der Waals surface area contributed by atoms with E-state index in [2.05, 4.69) is 4.98 Å². The fourth-order valence-corrected chi connectivity index (χ4v) is 2.06. The molecule has 1 aromatic heterocycles. The van der Waals surface area contributed by atoms with Gasteiger partial charge in [-0.15, -0.1) is 0 Å². The lowest BCUT2D eigenvalue weighted by Crippen LogP contribution is -2.18. The summed E-state index contributed by atoms with van der Waals surface area (Å²) in [5.41, 5.74) is -2.15. The van der Waals surface area contributed by atoms with Gasteiger partial charge in [0.2, 0.25) is 0 Å². The van der Waals surface area contributed by atoms with Crippen molar-refractivity contribution in [2.75, 3.05) is 0 Å². The summed E-state index contributed by atoms with van der Waals surface area (Å²) in [4.78, 5) is 13.3. The smallest absolute Gasteiger partial charge is 0.277 e. The number of pyridine rings is 1. The van der Waals surface area contributed by atoms with E-state index in [1.165, 1.54) is 6.92 Å². The van der Waals surface area contributed by atoms with Gasteiger partial charge in [-0.05, 0) is 6.92 Å². The predicted molar refractivity (Wildman–Crippen MR) is 49.8 cm³/mol. The first-order chi connectivity index (χ1) is 6.75. The van der Waals surface area contributed by atoms with E-state index < -0.39 is 31.5 Å². The van der Waals surface area contributed by atoms with Crippen molar-refractivity contribution < 1.29 is 17.2 Å². The normalized spacial score (nSPS) is 12.1. The van der Waals surface area contributed by atoms with Crippen LogP contribution in [0.5, 0.6) is 0 Å². The van der Waals surface area contributed by atoms with Crippen LogP contribution < -0.4 is 5.43 Å². The third kappa shape index (κ3) is 2.35. The van der Waals surface area contributed by atoms with Crippen molar-refractivity contribution in [2.45, 2.75) is 18.4 Å². The molecule has 15 heavy (non-hydrogen) atoms.